The van der Waals surface area contributed by atoms with Gasteiger partial charge in [-0.15, -0.1) is 11.3 Å². The van der Waals surface area contributed by atoms with Crippen molar-refractivity contribution in [2.24, 2.45) is 17.3 Å². The predicted molar refractivity (Wildman–Crippen MR) is 93.3 cm³/mol. The monoisotopic (exact) mass is 338 g/mol. The van der Waals surface area contributed by atoms with Crippen LogP contribution in [0.2, 0.25) is 0 Å². The van der Waals surface area contributed by atoms with Crippen LogP contribution in [0.15, 0.2) is 11.6 Å². The third-order valence-electron chi connectivity index (χ3n) is 5.68. The number of fused-ring (bicyclic) bond motifs is 1. The molecule has 4 nitrogen and oxygen atoms in total. The highest BCUT2D eigenvalue weighted by Crippen LogP contribution is 2.60. The van der Waals surface area contributed by atoms with Crippen molar-refractivity contribution < 1.29 is 9.84 Å². The second kappa shape index (κ2) is 5.80. The van der Waals surface area contributed by atoms with E-state index < -0.39 is 5.60 Å². The molecule has 2 aliphatic rings. The minimum absolute atomic E-state index is 0.107. The van der Waals surface area contributed by atoms with Crippen molar-refractivity contribution in [3.8, 4) is 0 Å². The third-order valence-corrected chi connectivity index (χ3v) is 6.64. The summed E-state index contributed by atoms with van der Waals surface area (Å²) in [5.74, 6) is 1.06. The molecule has 1 aliphatic heterocycles. The summed E-state index contributed by atoms with van der Waals surface area (Å²) < 4.78 is 5.98. The van der Waals surface area contributed by atoms with E-state index in [4.69, 9.17) is 4.74 Å². The van der Waals surface area contributed by atoms with Crippen molar-refractivity contribution in [3.63, 3.8) is 0 Å². The molecule has 2 fully saturated rings. The largest absolute Gasteiger partial charge is 0.383 e. The third kappa shape index (κ3) is 3.21. The van der Waals surface area contributed by atoms with Crippen molar-refractivity contribution in [1.29, 1.82) is 0 Å². The summed E-state index contributed by atoms with van der Waals surface area (Å²) in [4.78, 5) is 6.83. The van der Waals surface area contributed by atoms with Crippen molar-refractivity contribution in [1.82, 2.24) is 9.88 Å². The molecule has 3 unspecified atom stereocenters. The van der Waals surface area contributed by atoms with Crippen LogP contribution >= 0.6 is 11.3 Å². The number of aliphatic hydroxyl groups is 1. The standard InChI is InChI=1S/C18H30N2O2S/c1-13(2)17-10-18(21,15-19-6-7-23-15)8-14(17)9-20(11-17)12-22-16(3,4)5/h6-7,13-14,21H,8-12H2,1-5H3. The first-order valence-electron chi connectivity index (χ1n) is 8.63. The zero-order valence-electron chi connectivity index (χ0n) is 15.0. The van der Waals surface area contributed by atoms with Gasteiger partial charge in [0, 0.05) is 24.7 Å². The van der Waals surface area contributed by atoms with Gasteiger partial charge in [0.15, 0.2) is 0 Å². The summed E-state index contributed by atoms with van der Waals surface area (Å²) in [6, 6.07) is 0. The Hall–Kier alpha value is -0.490. The minimum Gasteiger partial charge on any atom is -0.383 e. The maximum absolute atomic E-state index is 11.2. The molecule has 3 rings (SSSR count). The summed E-state index contributed by atoms with van der Waals surface area (Å²) in [5, 5.41) is 14.1. The lowest BCUT2D eigenvalue weighted by molar-refractivity contribution is -0.0660. The van der Waals surface area contributed by atoms with Crippen LogP contribution in [0.5, 0.6) is 0 Å². The van der Waals surface area contributed by atoms with Gasteiger partial charge in [-0.3, -0.25) is 4.90 Å². The summed E-state index contributed by atoms with van der Waals surface area (Å²) in [6.07, 6.45) is 3.45. The SMILES string of the molecule is CC(C)C12CN(COC(C)(C)C)CC1CC(O)(c1nccs1)C2. The lowest BCUT2D eigenvalue weighted by atomic mass is 9.71. The van der Waals surface area contributed by atoms with Gasteiger partial charge in [0.2, 0.25) is 0 Å². The molecule has 3 atom stereocenters. The first-order chi connectivity index (χ1) is 10.6. The maximum Gasteiger partial charge on any atom is 0.124 e. The summed E-state index contributed by atoms with van der Waals surface area (Å²) in [6.45, 7) is 13.6. The molecule has 1 aliphatic carbocycles. The van der Waals surface area contributed by atoms with Crippen molar-refractivity contribution >= 4 is 11.3 Å². The maximum atomic E-state index is 11.2. The minimum atomic E-state index is -0.736. The Morgan fingerprint density at radius 2 is 2.22 bits per heavy atom. The number of rotatable bonds is 4. The topological polar surface area (TPSA) is 45.6 Å². The Labute approximate surface area is 143 Å². The normalized spacial score (nSPS) is 35.2. The smallest absolute Gasteiger partial charge is 0.124 e. The molecular formula is C18H30N2O2S. The predicted octanol–water partition coefficient (Wildman–Crippen LogP) is 3.47. The Morgan fingerprint density at radius 1 is 1.48 bits per heavy atom. The Kier molecular flexibility index (Phi) is 4.37. The quantitative estimate of drug-likeness (QED) is 0.913. The van der Waals surface area contributed by atoms with E-state index in [1.807, 2.05) is 5.38 Å². The number of aromatic nitrogens is 1. The fourth-order valence-corrected chi connectivity index (χ4v) is 5.20. The fraction of sp³-hybridized carbons (Fsp3) is 0.833. The average molecular weight is 339 g/mol. The van der Waals surface area contributed by atoms with Crippen LogP contribution in [0.3, 0.4) is 0 Å². The fourth-order valence-electron chi connectivity index (χ4n) is 4.45. The number of thiazole rings is 1. The van der Waals surface area contributed by atoms with Gasteiger partial charge in [-0.05, 0) is 50.9 Å². The molecular weight excluding hydrogens is 308 g/mol. The average Bonchev–Trinajstić information content (AvgIpc) is 3.08. The zero-order valence-corrected chi connectivity index (χ0v) is 15.8. The molecule has 1 saturated carbocycles. The van der Waals surface area contributed by atoms with Gasteiger partial charge >= 0.3 is 0 Å². The Balaban J connectivity index is 1.75. The van der Waals surface area contributed by atoms with Crippen LogP contribution in [0, 0.1) is 17.3 Å². The molecule has 0 bridgehead atoms. The molecule has 5 heteroatoms. The van der Waals surface area contributed by atoms with Gasteiger partial charge in [0.25, 0.3) is 0 Å². The molecule has 1 N–H and O–H groups in total. The summed E-state index contributed by atoms with van der Waals surface area (Å²) in [5.41, 5.74) is -0.675. The first-order valence-corrected chi connectivity index (χ1v) is 9.51. The second-order valence-corrected chi connectivity index (χ2v) is 9.63. The van der Waals surface area contributed by atoms with E-state index in [0.717, 1.165) is 30.9 Å². The molecule has 0 radical (unpaired) electrons. The molecule has 23 heavy (non-hydrogen) atoms. The lowest BCUT2D eigenvalue weighted by Crippen LogP contribution is -2.37. The molecule has 2 heterocycles. The van der Waals surface area contributed by atoms with Crippen molar-refractivity contribution in [2.75, 3.05) is 19.8 Å². The van der Waals surface area contributed by atoms with E-state index in [9.17, 15) is 5.11 Å². The van der Waals surface area contributed by atoms with Gasteiger partial charge in [0.1, 0.15) is 10.6 Å². The van der Waals surface area contributed by atoms with Crippen LogP contribution in [-0.4, -0.2) is 40.4 Å². The number of likely N-dealkylation sites (tertiary alicyclic amines) is 1. The second-order valence-electron chi connectivity index (χ2n) is 8.73. The highest BCUT2D eigenvalue weighted by Gasteiger charge is 2.60. The van der Waals surface area contributed by atoms with E-state index in [1.165, 1.54) is 0 Å². The van der Waals surface area contributed by atoms with E-state index in [0.29, 0.717) is 18.6 Å². The molecule has 1 aromatic rings. The number of nitrogens with zero attached hydrogens (tertiary/aromatic N) is 2. The van der Waals surface area contributed by atoms with Gasteiger partial charge in [-0.25, -0.2) is 4.98 Å². The van der Waals surface area contributed by atoms with E-state index in [2.05, 4.69) is 44.5 Å². The highest BCUT2D eigenvalue weighted by atomic mass is 32.1. The lowest BCUT2D eigenvalue weighted by Gasteiger charge is -2.35. The van der Waals surface area contributed by atoms with Gasteiger partial charge in [-0.2, -0.15) is 0 Å². The van der Waals surface area contributed by atoms with Crippen LogP contribution in [0.1, 0.15) is 52.5 Å². The van der Waals surface area contributed by atoms with E-state index in [1.54, 1.807) is 17.5 Å². The number of hydrogen-bond donors (Lipinski definition) is 1. The van der Waals surface area contributed by atoms with Crippen molar-refractivity contribution in [3.05, 3.63) is 16.6 Å². The number of hydrogen-bond acceptors (Lipinski definition) is 5. The molecule has 0 aromatic carbocycles. The molecule has 0 amide bonds. The van der Waals surface area contributed by atoms with Crippen LogP contribution in [-0.2, 0) is 10.3 Å². The van der Waals surface area contributed by atoms with Crippen LogP contribution in [0.25, 0.3) is 0 Å². The number of ether oxygens (including phenoxy) is 1. The van der Waals surface area contributed by atoms with Gasteiger partial charge in [-0.1, -0.05) is 13.8 Å². The van der Waals surface area contributed by atoms with Crippen molar-refractivity contribution in [2.45, 2.75) is 58.7 Å². The zero-order chi connectivity index (χ0) is 16.9. The molecule has 1 aromatic heterocycles. The molecule has 130 valence electrons. The van der Waals surface area contributed by atoms with Crippen LogP contribution in [0.4, 0.5) is 0 Å². The molecule has 1 saturated heterocycles. The Morgan fingerprint density at radius 3 is 2.74 bits per heavy atom. The van der Waals surface area contributed by atoms with E-state index in [-0.39, 0.29) is 11.0 Å². The summed E-state index contributed by atoms with van der Waals surface area (Å²) >= 11 is 1.58. The van der Waals surface area contributed by atoms with Crippen LogP contribution < -0.4 is 0 Å². The van der Waals surface area contributed by atoms with E-state index >= 15 is 0 Å². The summed E-state index contributed by atoms with van der Waals surface area (Å²) in [7, 11) is 0. The highest BCUT2D eigenvalue weighted by molar-refractivity contribution is 7.09. The van der Waals surface area contributed by atoms with Gasteiger partial charge in [0.05, 0.1) is 12.3 Å². The molecule has 0 spiro atoms. The Bertz CT molecular complexity index is 540. The van der Waals surface area contributed by atoms with Gasteiger partial charge < -0.3 is 9.84 Å². The first kappa shape index (κ1) is 17.3.